The van der Waals surface area contributed by atoms with Crippen molar-refractivity contribution in [3.63, 3.8) is 0 Å². The summed E-state index contributed by atoms with van der Waals surface area (Å²) in [5.41, 5.74) is 0.183. The van der Waals surface area contributed by atoms with Gasteiger partial charge in [-0.05, 0) is 50.1 Å². The molecule has 3 rings (SSSR count). The molecule has 1 spiro atoms. The van der Waals surface area contributed by atoms with Gasteiger partial charge in [-0.1, -0.05) is 12.8 Å². The summed E-state index contributed by atoms with van der Waals surface area (Å²) in [5.74, 6) is 1.68. The molecule has 4 heteroatoms. The number of methoxy groups -OCH3 is 1. The second-order valence-electron chi connectivity index (χ2n) is 6.11. The molecule has 3 nitrogen and oxygen atoms in total. The lowest BCUT2D eigenvalue weighted by Crippen LogP contribution is -2.41. The Labute approximate surface area is 125 Å². The van der Waals surface area contributed by atoms with E-state index in [1.807, 2.05) is 0 Å². The Bertz CT molecular complexity index is 439. The van der Waals surface area contributed by atoms with Gasteiger partial charge in [0.25, 0.3) is 0 Å². The van der Waals surface area contributed by atoms with E-state index >= 15 is 0 Å². The number of hydrogen-bond donors (Lipinski definition) is 1. The van der Waals surface area contributed by atoms with Crippen molar-refractivity contribution in [2.75, 3.05) is 20.8 Å². The third-order valence-corrected chi connectivity index (χ3v) is 5.97. The summed E-state index contributed by atoms with van der Waals surface area (Å²) in [4.78, 5) is 1.34. The molecule has 0 radical (unpaired) electrons. The van der Waals surface area contributed by atoms with E-state index in [1.54, 1.807) is 18.4 Å². The Balaban J connectivity index is 1.78. The molecule has 1 saturated carbocycles. The first-order chi connectivity index (χ1) is 9.78. The lowest BCUT2D eigenvalue weighted by atomic mass is 9.80. The topological polar surface area (TPSA) is 30.5 Å². The van der Waals surface area contributed by atoms with Crippen LogP contribution in [0.25, 0.3) is 0 Å². The van der Waals surface area contributed by atoms with Gasteiger partial charge in [0.15, 0.2) is 0 Å². The lowest BCUT2D eigenvalue weighted by Gasteiger charge is -2.41. The van der Waals surface area contributed by atoms with Crippen LogP contribution in [-0.4, -0.2) is 26.4 Å². The molecule has 0 aromatic carbocycles. The highest BCUT2D eigenvalue weighted by Crippen LogP contribution is 2.47. The molecule has 1 aromatic heterocycles. The van der Waals surface area contributed by atoms with Gasteiger partial charge in [-0.3, -0.25) is 0 Å². The third kappa shape index (κ3) is 2.61. The van der Waals surface area contributed by atoms with Crippen LogP contribution in [-0.2, 0) is 4.74 Å². The molecule has 2 atom stereocenters. The highest BCUT2D eigenvalue weighted by molar-refractivity contribution is 7.10. The zero-order valence-electron chi connectivity index (χ0n) is 12.5. The molecule has 1 N–H and O–H groups in total. The van der Waals surface area contributed by atoms with E-state index in [-0.39, 0.29) is 5.60 Å². The molecular weight excluding hydrogens is 270 g/mol. The fourth-order valence-electron chi connectivity index (χ4n) is 4.00. The van der Waals surface area contributed by atoms with Crippen LogP contribution in [0.3, 0.4) is 0 Å². The van der Waals surface area contributed by atoms with Crippen molar-refractivity contribution in [3.8, 4) is 5.75 Å². The van der Waals surface area contributed by atoms with Crippen LogP contribution in [0.5, 0.6) is 5.75 Å². The predicted octanol–water partition coefficient (Wildman–Crippen LogP) is 3.76. The second-order valence-corrected chi connectivity index (χ2v) is 7.06. The van der Waals surface area contributed by atoms with Gasteiger partial charge in [0.1, 0.15) is 5.75 Å². The molecule has 2 heterocycles. The Morgan fingerprint density at radius 3 is 2.95 bits per heavy atom. The van der Waals surface area contributed by atoms with Gasteiger partial charge in [-0.2, -0.15) is 0 Å². The highest BCUT2D eigenvalue weighted by Gasteiger charge is 2.42. The van der Waals surface area contributed by atoms with E-state index in [1.165, 1.54) is 37.0 Å². The zero-order chi connectivity index (χ0) is 14.0. The van der Waals surface area contributed by atoms with Crippen molar-refractivity contribution in [1.29, 1.82) is 0 Å². The monoisotopic (exact) mass is 295 g/mol. The van der Waals surface area contributed by atoms with Crippen LogP contribution in [0.2, 0.25) is 0 Å². The van der Waals surface area contributed by atoms with Gasteiger partial charge in [-0.15, -0.1) is 11.3 Å². The SMILES string of the molecule is CNC(c1sccc1OC)C1CCOC2(CCCC2)C1. The Kier molecular flexibility index (Phi) is 4.34. The van der Waals surface area contributed by atoms with E-state index in [4.69, 9.17) is 9.47 Å². The molecule has 1 aliphatic heterocycles. The molecule has 2 fully saturated rings. The molecule has 0 bridgehead atoms. The summed E-state index contributed by atoms with van der Waals surface area (Å²) >= 11 is 1.80. The van der Waals surface area contributed by atoms with Crippen molar-refractivity contribution in [2.45, 2.75) is 50.2 Å². The minimum Gasteiger partial charge on any atom is -0.496 e. The first-order valence-corrected chi connectivity index (χ1v) is 8.58. The molecule has 1 aromatic rings. The van der Waals surface area contributed by atoms with Gasteiger partial charge in [0, 0.05) is 12.6 Å². The van der Waals surface area contributed by atoms with Crippen molar-refractivity contribution < 1.29 is 9.47 Å². The molecule has 112 valence electrons. The standard InChI is InChI=1S/C16H25NO2S/c1-17-14(15-13(18-2)6-10-20-15)12-5-9-19-16(11-12)7-3-4-8-16/h6,10,12,14,17H,3-5,7-9,11H2,1-2H3. The minimum absolute atomic E-state index is 0.183. The van der Waals surface area contributed by atoms with Crippen molar-refractivity contribution in [1.82, 2.24) is 5.32 Å². The number of rotatable bonds is 4. The Morgan fingerprint density at radius 2 is 2.25 bits per heavy atom. The van der Waals surface area contributed by atoms with Crippen LogP contribution in [0.15, 0.2) is 11.4 Å². The van der Waals surface area contributed by atoms with Gasteiger partial charge in [0.2, 0.25) is 0 Å². The molecule has 2 aliphatic rings. The first-order valence-electron chi connectivity index (χ1n) is 7.70. The maximum absolute atomic E-state index is 6.17. The normalized spacial score (nSPS) is 26.8. The number of ether oxygens (including phenoxy) is 2. The Hall–Kier alpha value is -0.580. The summed E-state index contributed by atoms with van der Waals surface area (Å²) in [5, 5.41) is 5.66. The highest BCUT2D eigenvalue weighted by atomic mass is 32.1. The van der Waals surface area contributed by atoms with Crippen LogP contribution in [0.1, 0.15) is 49.4 Å². The number of nitrogens with one attached hydrogen (secondary N) is 1. The Morgan fingerprint density at radius 1 is 1.45 bits per heavy atom. The van der Waals surface area contributed by atoms with E-state index in [0.717, 1.165) is 18.8 Å². The second kappa shape index (κ2) is 6.04. The largest absolute Gasteiger partial charge is 0.496 e. The van der Waals surface area contributed by atoms with Gasteiger partial charge < -0.3 is 14.8 Å². The average molecular weight is 295 g/mol. The maximum Gasteiger partial charge on any atom is 0.134 e. The molecule has 0 amide bonds. The molecule has 20 heavy (non-hydrogen) atoms. The summed E-state index contributed by atoms with van der Waals surface area (Å²) in [6, 6.07) is 2.47. The van der Waals surface area contributed by atoms with Crippen molar-refractivity contribution >= 4 is 11.3 Å². The van der Waals surface area contributed by atoms with Crippen LogP contribution in [0, 0.1) is 5.92 Å². The number of thiophene rings is 1. The van der Waals surface area contributed by atoms with Gasteiger partial charge in [-0.25, -0.2) is 0 Å². The first kappa shape index (κ1) is 14.4. The summed E-state index contributed by atoms with van der Waals surface area (Å²) in [6.45, 7) is 0.913. The smallest absolute Gasteiger partial charge is 0.134 e. The van der Waals surface area contributed by atoms with E-state index < -0.39 is 0 Å². The zero-order valence-corrected chi connectivity index (χ0v) is 13.3. The fraction of sp³-hybridized carbons (Fsp3) is 0.750. The van der Waals surface area contributed by atoms with Crippen LogP contribution >= 0.6 is 11.3 Å². The molecule has 1 saturated heterocycles. The molecular formula is C16H25NO2S. The van der Waals surface area contributed by atoms with E-state index in [9.17, 15) is 0 Å². The van der Waals surface area contributed by atoms with Crippen molar-refractivity contribution in [3.05, 3.63) is 16.3 Å². The van der Waals surface area contributed by atoms with Gasteiger partial charge >= 0.3 is 0 Å². The van der Waals surface area contributed by atoms with Crippen LogP contribution in [0.4, 0.5) is 0 Å². The minimum atomic E-state index is 0.183. The predicted molar refractivity (Wildman–Crippen MR) is 82.5 cm³/mol. The van der Waals surface area contributed by atoms with E-state index in [0.29, 0.717) is 12.0 Å². The quantitative estimate of drug-likeness (QED) is 0.917. The summed E-state index contributed by atoms with van der Waals surface area (Å²) in [6.07, 6.45) is 7.51. The van der Waals surface area contributed by atoms with E-state index in [2.05, 4.69) is 23.8 Å². The van der Waals surface area contributed by atoms with Gasteiger partial charge in [0.05, 0.1) is 17.6 Å². The lowest BCUT2D eigenvalue weighted by molar-refractivity contribution is -0.0978. The third-order valence-electron chi connectivity index (χ3n) is 4.99. The summed E-state index contributed by atoms with van der Waals surface area (Å²) in [7, 11) is 3.83. The summed E-state index contributed by atoms with van der Waals surface area (Å²) < 4.78 is 11.7. The number of hydrogen-bond acceptors (Lipinski definition) is 4. The molecule has 1 aliphatic carbocycles. The van der Waals surface area contributed by atoms with Crippen molar-refractivity contribution in [2.24, 2.45) is 5.92 Å². The average Bonchev–Trinajstić information content (AvgIpc) is 3.10. The van der Waals surface area contributed by atoms with Crippen LogP contribution < -0.4 is 10.1 Å². The molecule has 2 unspecified atom stereocenters. The maximum atomic E-state index is 6.17. The fourth-order valence-corrected chi connectivity index (χ4v) is 5.07.